The number of phenols is 1. The molecule has 74 heavy (non-hydrogen) atoms. The van der Waals surface area contributed by atoms with Crippen LogP contribution in [0.5, 0.6) is 11.5 Å². The van der Waals surface area contributed by atoms with E-state index in [0.29, 0.717) is 0 Å². The molecular formula is C45H60BBr2Cl2F9O15. The van der Waals surface area contributed by atoms with Gasteiger partial charge < -0.3 is 47.7 Å². The van der Waals surface area contributed by atoms with Gasteiger partial charge in [-0.3, -0.25) is 36.9 Å². The minimum Gasteiger partial charge on any atom is -0.507 e. The van der Waals surface area contributed by atoms with Gasteiger partial charge in [0.2, 0.25) is 12.6 Å². The van der Waals surface area contributed by atoms with Crippen LogP contribution in [0, 0.1) is 23.7 Å². The number of hydrogen-bond donors (Lipinski definition) is 1. The lowest BCUT2D eigenvalue weighted by Crippen LogP contribution is -2.54. The molecule has 2 aromatic carbocycles. The van der Waals surface area contributed by atoms with Gasteiger partial charge in [-0.2, -0.15) is 26.3 Å². The van der Waals surface area contributed by atoms with E-state index < -0.39 is 109 Å². The lowest BCUT2D eigenvalue weighted by Gasteiger charge is -2.43. The highest BCUT2D eigenvalue weighted by Gasteiger charge is 2.47. The number of halogens is 13. The van der Waals surface area contributed by atoms with Crippen molar-refractivity contribution in [2.24, 2.45) is 23.7 Å². The fourth-order valence-electron chi connectivity index (χ4n) is 6.25. The first-order chi connectivity index (χ1) is 34.1. The molecule has 0 radical (unpaired) electrons. The summed E-state index contributed by atoms with van der Waals surface area (Å²) in [5, 5.41) is 9.02. The van der Waals surface area contributed by atoms with Crippen LogP contribution in [0.25, 0.3) is 0 Å². The average Bonchev–Trinajstić information content (AvgIpc) is 3.26. The van der Waals surface area contributed by atoms with Gasteiger partial charge >= 0.3 is 49.7 Å². The van der Waals surface area contributed by atoms with Gasteiger partial charge in [-0.05, 0) is 62.1 Å². The van der Waals surface area contributed by atoms with Crippen molar-refractivity contribution in [2.75, 3.05) is 31.8 Å². The summed E-state index contributed by atoms with van der Waals surface area (Å²) in [5.41, 5.74) is -2.03. The highest BCUT2D eigenvalue weighted by molar-refractivity contribution is 9.10. The molecule has 0 aromatic heterocycles. The minimum absolute atomic E-state index is 0.0412. The summed E-state index contributed by atoms with van der Waals surface area (Å²) in [5.74, 6) is -4.48. The van der Waals surface area contributed by atoms with Crippen LogP contribution in [0.15, 0.2) is 45.3 Å². The second-order valence-electron chi connectivity index (χ2n) is 15.4. The Kier molecular flexibility index (Phi) is 35.5. The van der Waals surface area contributed by atoms with Crippen LogP contribution in [0.2, 0.25) is 0 Å². The molecule has 15 nitrogen and oxygen atoms in total. The largest absolute Gasteiger partial charge is 0.762 e. The predicted octanol–water partition coefficient (Wildman–Crippen LogP) is 11.9. The van der Waals surface area contributed by atoms with Gasteiger partial charge in [0.05, 0.1) is 28.7 Å². The Hall–Kier alpha value is -3.76. The number of aromatic hydroxyl groups is 1. The van der Waals surface area contributed by atoms with Crippen molar-refractivity contribution in [3.63, 3.8) is 0 Å². The van der Waals surface area contributed by atoms with Gasteiger partial charge in [0.1, 0.15) is 24.7 Å². The molecule has 0 saturated carbocycles. The van der Waals surface area contributed by atoms with E-state index in [0.717, 1.165) is 37.5 Å². The standard InChI is InChI=1S/C19H22BrF3O6.C14H22O7.C7H4BrF3O.C4H10O.CH2Cl2.BF3/c1-9-10(2)17(27-12(4)25)18(29-16(9)8-26-11(3)24)28-15-6-5-13(20)7-14(15)19(21,22)23;1-7-8(2)13(19-10(4)16)14(20-11(5)17)21-12(7)6-18-9(3)15;8-4-1-2-6(12)5(3-4)7(9,10)11;1-3-5-4-2;2-1-3;2-1(3)4/h5-7,9-10,16-18H,8H2,1-4H3;7-8,12-14H,6H2,1-5H3;1-3,12H;3-4H2,1-2H3;1H2;. The van der Waals surface area contributed by atoms with Crippen molar-refractivity contribution in [3.8, 4) is 11.5 Å². The Morgan fingerprint density at radius 2 is 0.959 bits per heavy atom. The molecule has 0 bridgehead atoms. The Labute approximate surface area is 450 Å². The molecule has 4 rings (SSSR count). The average molecular weight is 1250 g/mol. The zero-order valence-corrected chi connectivity index (χ0v) is 46.6. The molecule has 2 saturated heterocycles. The lowest BCUT2D eigenvalue weighted by molar-refractivity contribution is -0.271. The van der Waals surface area contributed by atoms with E-state index in [1.165, 1.54) is 46.8 Å². The van der Waals surface area contributed by atoms with Gasteiger partial charge in [-0.1, -0.05) is 59.6 Å². The Balaban J connectivity index is 0. The number of hydrogen-bond acceptors (Lipinski definition) is 15. The molecule has 0 amide bonds. The first-order valence-electron chi connectivity index (χ1n) is 21.9. The third kappa shape index (κ3) is 29.5. The van der Waals surface area contributed by atoms with E-state index >= 15 is 0 Å². The van der Waals surface area contributed by atoms with E-state index in [4.69, 9.17) is 70.9 Å². The van der Waals surface area contributed by atoms with E-state index in [1.807, 2.05) is 34.6 Å². The third-order valence-corrected chi connectivity index (χ3v) is 11.0. The minimum atomic E-state index is -4.67. The van der Waals surface area contributed by atoms with E-state index in [-0.39, 0.29) is 51.2 Å². The van der Waals surface area contributed by atoms with Crippen molar-refractivity contribution < 1.29 is 111 Å². The molecule has 0 spiro atoms. The number of phenolic OH excluding ortho intramolecular Hbond substituents is 1. The number of ether oxygens (including phenoxy) is 9. The maximum Gasteiger partial charge on any atom is 0.762 e. The highest BCUT2D eigenvalue weighted by atomic mass is 79.9. The Morgan fingerprint density at radius 3 is 1.28 bits per heavy atom. The van der Waals surface area contributed by atoms with Crippen LogP contribution in [0.4, 0.5) is 39.3 Å². The van der Waals surface area contributed by atoms with E-state index in [9.17, 15) is 63.3 Å². The number of benzene rings is 2. The molecule has 10 atom stereocenters. The van der Waals surface area contributed by atoms with Gasteiger partial charge in [-0.15, -0.1) is 23.2 Å². The smallest absolute Gasteiger partial charge is 0.507 e. The van der Waals surface area contributed by atoms with Gasteiger partial charge in [0.15, 0.2) is 12.2 Å². The van der Waals surface area contributed by atoms with Gasteiger partial charge in [0, 0.05) is 68.6 Å². The number of rotatable bonds is 11. The lowest BCUT2D eigenvalue weighted by atomic mass is 9.83. The predicted molar refractivity (Wildman–Crippen MR) is 259 cm³/mol. The van der Waals surface area contributed by atoms with Gasteiger partial charge in [-0.25, -0.2) is 0 Å². The first-order valence-corrected chi connectivity index (χ1v) is 24.5. The second-order valence-corrected chi connectivity index (χ2v) is 18.1. The highest BCUT2D eigenvalue weighted by Crippen LogP contribution is 2.41. The van der Waals surface area contributed by atoms with Crippen molar-refractivity contribution in [1.29, 1.82) is 0 Å². The molecular weight excluding hydrogens is 1190 g/mol. The molecule has 29 heteroatoms. The van der Waals surface area contributed by atoms with Crippen molar-refractivity contribution >= 4 is 92.5 Å². The normalized spacial score (nSPS) is 22.9. The van der Waals surface area contributed by atoms with Crippen molar-refractivity contribution in [2.45, 2.75) is 126 Å². The molecule has 2 aromatic rings. The van der Waals surface area contributed by atoms with Crippen LogP contribution in [-0.2, 0) is 74.2 Å². The van der Waals surface area contributed by atoms with Gasteiger partial charge in [0.25, 0.3) is 0 Å². The number of esters is 5. The Morgan fingerprint density at radius 1 is 0.608 bits per heavy atom. The molecule has 0 aliphatic carbocycles. The first kappa shape index (κ1) is 72.3. The summed E-state index contributed by atoms with van der Waals surface area (Å²) < 4.78 is 153. The molecule has 2 heterocycles. The van der Waals surface area contributed by atoms with Crippen LogP contribution >= 0.6 is 55.1 Å². The summed E-state index contributed by atoms with van der Waals surface area (Å²) in [7, 11) is -3.67. The fourth-order valence-corrected chi connectivity index (χ4v) is 6.98. The fraction of sp³-hybridized carbons (Fsp3) is 0.622. The molecule has 2 aliphatic heterocycles. The summed E-state index contributed by atoms with van der Waals surface area (Å²) in [4.78, 5) is 56.0. The summed E-state index contributed by atoms with van der Waals surface area (Å²) >= 11 is 15.4. The Bertz CT molecular complexity index is 2010. The number of carbonyl (C=O) groups is 5. The molecule has 424 valence electrons. The maximum atomic E-state index is 13.4. The number of alkyl halides is 8. The van der Waals surface area contributed by atoms with Crippen molar-refractivity contribution in [3.05, 3.63) is 56.5 Å². The zero-order chi connectivity index (χ0) is 57.8. The number of carbonyl (C=O) groups excluding carboxylic acids is 5. The summed E-state index contributed by atoms with van der Waals surface area (Å²) in [6.45, 7) is 19.3. The summed E-state index contributed by atoms with van der Waals surface area (Å²) in [6.07, 6.45) is -14.2. The SMILES string of the molecule is CC(=O)OCC1OC(OC(C)=O)C(OC(C)=O)C(C)C1C.CC(=O)OCC1OC(Oc2ccc(Br)cc2C(F)(F)F)C(OC(C)=O)C(C)C1C.CCOCC.ClCCl.FB(F)F.Oc1ccc(Br)cc1C(F)(F)F. The monoisotopic (exact) mass is 1250 g/mol. The summed E-state index contributed by atoms with van der Waals surface area (Å²) in [6, 6.07) is 6.61. The second kappa shape index (κ2) is 36.3. The van der Waals surface area contributed by atoms with Crippen molar-refractivity contribution in [1.82, 2.24) is 0 Å². The van der Waals surface area contributed by atoms with Crippen LogP contribution in [0.3, 0.4) is 0 Å². The van der Waals surface area contributed by atoms with Crippen LogP contribution in [-0.4, -0.2) is 111 Å². The topological polar surface area (TPSA) is 189 Å². The molecule has 2 fully saturated rings. The zero-order valence-electron chi connectivity index (χ0n) is 41.9. The maximum absolute atomic E-state index is 13.4. The van der Waals surface area contributed by atoms with Crippen LogP contribution < -0.4 is 4.74 Å². The third-order valence-electron chi connectivity index (χ3n) is 9.97. The quantitative estimate of drug-likeness (QED) is 0.0735. The van der Waals surface area contributed by atoms with E-state index in [1.54, 1.807) is 6.92 Å². The molecule has 1 N–H and O–H groups in total. The molecule has 10 unspecified atom stereocenters. The molecule has 2 aliphatic rings. The van der Waals surface area contributed by atoms with E-state index in [2.05, 4.69) is 31.9 Å². The van der Waals surface area contributed by atoms with Crippen LogP contribution in [0.1, 0.15) is 87.3 Å².